The molecule has 0 aliphatic heterocycles. The third-order valence-electron chi connectivity index (χ3n) is 3.00. The fraction of sp³-hybridized carbons (Fsp3) is 0.286. The average molecular weight is 387 g/mol. The molecular weight excluding hydrogens is 374 g/mol. The van der Waals surface area contributed by atoms with E-state index < -0.39 is 0 Å². The lowest BCUT2D eigenvalue weighted by Crippen LogP contribution is -2.01. The normalized spacial score (nSPS) is 11.2. The molecule has 0 atom stereocenters. The van der Waals surface area contributed by atoms with Gasteiger partial charge in [-0.15, -0.1) is 11.3 Å². The second-order valence-corrected chi connectivity index (χ2v) is 6.70. The van der Waals surface area contributed by atoms with E-state index in [4.69, 9.17) is 16.0 Å². The van der Waals surface area contributed by atoms with Crippen molar-refractivity contribution >= 4 is 55.8 Å². The molecule has 0 bridgehead atoms. The monoisotopic (exact) mass is 385 g/mol. The van der Waals surface area contributed by atoms with Crippen LogP contribution in [0, 0.1) is 0 Å². The highest BCUT2D eigenvalue weighted by atomic mass is 79.9. The van der Waals surface area contributed by atoms with Gasteiger partial charge in [0.25, 0.3) is 0 Å². The number of thiophene rings is 1. The van der Waals surface area contributed by atoms with Gasteiger partial charge in [0.15, 0.2) is 11.4 Å². The fourth-order valence-electron chi connectivity index (χ4n) is 2.06. The molecule has 0 saturated carbocycles. The summed E-state index contributed by atoms with van der Waals surface area (Å²) >= 11 is 11.3. The Balaban J connectivity index is 1.98. The third kappa shape index (κ3) is 3.07. The van der Waals surface area contributed by atoms with E-state index in [1.807, 2.05) is 11.4 Å². The minimum Gasteiger partial charge on any atom is -0.454 e. The van der Waals surface area contributed by atoms with Crippen molar-refractivity contribution in [2.24, 2.45) is 0 Å². The van der Waals surface area contributed by atoms with Gasteiger partial charge in [-0.3, -0.25) is 0 Å². The van der Waals surface area contributed by atoms with E-state index in [0.717, 1.165) is 23.1 Å². The molecule has 0 aliphatic rings. The number of hydrogen-bond acceptors (Lipinski definition) is 5. The van der Waals surface area contributed by atoms with Crippen LogP contribution in [-0.2, 0) is 13.0 Å². The number of rotatable bonds is 5. The second-order valence-electron chi connectivity index (χ2n) is 4.54. The first-order valence-corrected chi connectivity index (χ1v) is 8.64. The van der Waals surface area contributed by atoms with Crippen molar-refractivity contribution in [3.63, 3.8) is 0 Å². The minimum atomic E-state index is 0.209. The maximum atomic E-state index is 6.02. The summed E-state index contributed by atoms with van der Waals surface area (Å²) in [6, 6.07) is 4.09. The molecule has 3 heterocycles. The van der Waals surface area contributed by atoms with Crippen LogP contribution in [0.1, 0.15) is 24.0 Å². The largest absolute Gasteiger partial charge is 0.454 e. The van der Waals surface area contributed by atoms with Crippen LogP contribution in [-0.4, -0.2) is 9.97 Å². The zero-order valence-electron chi connectivity index (χ0n) is 11.3. The Bertz CT molecular complexity index is 757. The van der Waals surface area contributed by atoms with Gasteiger partial charge in [0.1, 0.15) is 11.3 Å². The summed E-state index contributed by atoms with van der Waals surface area (Å²) in [5.74, 6) is 1.50. The number of anilines is 1. The lowest BCUT2D eigenvalue weighted by Gasteiger charge is -2.04. The Labute approximate surface area is 139 Å². The van der Waals surface area contributed by atoms with E-state index >= 15 is 0 Å². The maximum Gasteiger partial charge on any atom is 0.225 e. The molecule has 0 amide bonds. The highest BCUT2D eigenvalue weighted by Gasteiger charge is 2.18. The quantitative estimate of drug-likeness (QED) is 0.607. The molecule has 21 heavy (non-hydrogen) atoms. The highest BCUT2D eigenvalue weighted by molar-refractivity contribution is 9.10. The Morgan fingerprint density at radius 1 is 1.43 bits per heavy atom. The van der Waals surface area contributed by atoms with Crippen molar-refractivity contribution in [3.8, 4) is 0 Å². The Hall–Kier alpha value is -1.11. The smallest absolute Gasteiger partial charge is 0.225 e. The molecule has 3 rings (SSSR count). The van der Waals surface area contributed by atoms with Gasteiger partial charge in [-0.05, 0) is 45.4 Å². The van der Waals surface area contributed by atoms with Gasteiger partial charge in [0.05, 0.1) is 11.0 Å². The highest BCUT2D eigenvalue weighted by Crippen LogP contribution is 2.34. The number of furan rings is 1. The predicted octanol–water partition coefficient (Wildman–Crippen LogP) is 5.26. The lowest BCUT2D eigenvalue weighted by molar-refractivity contribution is 0.541. The fourth-order valence-corrected chi connectivity index (χ4v) is 3.42. The molecular formula is C14H13BrClN3OS. The molecule has 4 nitrogen and oxygen atoms in total. The van der Waals surface area contributed by atoms with Crippen LogP contribution in [0.25, 0.3) is 11.1 Å². The van der Waals surface area contributed by atoms with E-state index in [-0.39, 0.29) is 5.28 Å². The summed E-state index contributed by atoms with van der Waals surface area (Å²) < 4.78 is 6.77. The van der Waals surface area contributed by atoms with E-state index in [0.29, 0.717) is 23.5 Å². The van der Waals surface area contributed by atoms with Crippen molar-refractivity contribution in [1.82, 2.24) is 9.97 Å². The first-order chi connectivity index (χ1) is 10.2. The molecule has 0 spiro atoms. The molecule has 0 saturated heterocycles. The van der Waals surface area contributed by atoms with Crippen molar-refractivity contribution in [2.75, 3.05) is 5.32 Å². The van der Waals surface area contributed by atoms with Crippen LogP contribution in [0.3, 0.4) is 0 Å². The number of hydrogen-bond donors (Lipinski definition) is 1. The van der Waals surface area contributed by atoms with Crippen LogP contribution in [0.2, 0.25) is 5.28 Å². The Kier molecular flexibility index (Phi) is 4.47. The lowest BCUT2D eigenvalue weighted by atomic mass is 10.3. The number of nitrogens with one attached hydrogen (secondary N) is 1. The van der Waals surface area contributed by atoms with Crippen molar-refractivity contribution in [2.45, 2.75) is 26.3 Å². The van der Waals surface area contributed by atoms with Gasteiger partial charge < -0.3 is 9.73 Å². The number of aryl methyl sites for hydroxylation is 1. The van der Waals surface area contributed by atoms with Gasteiger partial charge in [-0.25, -0.2) is 4.98 Å². The van der Waals surface area contributed by atoms with E-state index in [2.05, 4.69) is 44.2 Å². The summed E-state index contributed by atoms with van der Waals surface area (Å²) in [6.07, 6.45) is 1.84. The van der Waals surface area contributed by atoms with E-state index in [9.17, 15) is 0 Å². The van der Waals surface area contributed by atoms with Crippen molar-refractivity contribution < 1.29 is 4.42 Å². The van der Waals surface area contributed by atoms with Crippen LogP contribution in [0.5, 0.6) is 0 Å². The summed E-state index contributed by atoms with van der Waals surface area (Å²) in [5.41, 5.74) is 1.36. The van der Waals surface area contributed by atoms with Crippen LogP contribution in [0.15, 0.2) is 26.4 Å². The zero-order chi connectivity index (χ0) is 14.8. The van der Waals surface area contributed by atoms with Gasteiger partial charge in [-0.2, -0.15) is 4.98 Å². The molecule has 110 valence electrons. The Morgan fingerprint density at radius 2 is 2.29 bits per heavy atom. The van der Waals surface area contributed by atoms with Crippen LogP contribution in [0.4, 0.5) is 5.82 Å². The number of aromatic nitrogens is 2. The molecule has 0 aliphatic carbocycles. The van der Waals surface area contributed by atoms with Crippen LogP contribution >= 0.6 is 38.9 Å². The molecule has 1 N–H and O–H groups in total. The maximum absolute atomic E-state index is 6.02. The summed E-state index contributed by atoms with van der Waals surface area (Å²) in [7, 11) is 0. The standard InChI is InChI=1S/C14H13BrClN3OS/c1-2-4-9-10(15)11-12(20-9)13(19-14(16)18-11)17-7-8-5-3-6-21-8/h3,5-6H,2,4,7H2,1H3,(H,17,18,19). The molecule has 0 fully saturated rings. The Morgan fingerprint density at radius 3 is 3.00 bits per heavy atom. The first-order valence-electron chi connectivity index (χ1n) is 6.59. The van der Waals surface area contributed by atoms with E-state index in [1.165, 1.54) is 4.88 Å². The summed E-state index contributed by atoms with van der Waals surface area (Å²) in [4.78, 5) is 9.73. The van der Waals surface area contributed by atoms with Crippen molar-refractivity contribution in [3.05, 3.63) is 37.9 Å². The van der Waals surface area contributed by atoms with E-state index in [1.54, 1.807) is 11.3 Å². The molecule has 3 aromatic heterocycles. The minimum absolute atomic E-state index is 0.209. The predicted molar refractivity (Wildman–Crippen MR) is 90.2 cm³/mol. The van der Waals surface area contributed by atoms with Crippen LogP contribution < -0.4 is 5.32 Å². The summed E-state index contributed by atoms with van der Waals surface area (Å²) in [6.45, 7) is 2.79. The molecule has 0 aromatic carbocycles. The zero-order valence-corrected chi connectivity index (χ0v) is 14.5. The average Bonchev–Trinajstić information content (AvgIpc) is 3.07. The topological polar surface area (TPSA) is 51.0 Å². The molecule has 7 heteroatoms. The van der Waals surface area contributed by atoms with Gasteiger partial charge >= 0.3 is 0 Å². The van der Waals surface area contributed by atoms with Gasteiger partial charge in [0.2, 0.25) is 5.28 Å². The van der Waals surface area contributed by atoms with Crippen molar-refractivity contribution in [1.29, 1.82) is 0 Å². The SMILES string of the molecule is CCCc1oc2c(NCc3cccs3)nc(Cl)nc2c1Br. The number of nitrogens with zero attached hydrogens (tertiary/aromatic N) is 2. The first kappa shape index (κ1) is 14.8. The van der Waals surface area contributed by atoms with Gasteiger partial charge in [0, 0.05) is 11.3 Å². The number of halogens is 2. The third-order valence-corrected chi connectivity index (χ3v) is 4.87. The van der Waals surface area contributed by atoms with Gasteiger partial charge in [-0.1, -0.05) is 13.0 Å². The molecule has 3 aromatic rings. The molecule has 0 unspecified atom stereocenters. The second kappa shape index (κ2) is 6.34. The number of fused-ring (bicyclic) bond motifs is 1. The summed E-state index contributed by atoms with van der Waals surface area (Å²) in [5, 5.41) is 5.53. The molecule has 0 radical (unpaired) electrons.